The zero-order valence-electron chi connectivity index (χ0n) is 9.50. The summed E-state index contributed by atoms with van der Waals surface area (Å²) in [4.78, 5) is 0.353. The number of nitrogens with two attached hydrogens (primary N) is 1. The molecule has 0 heterocycles. The summed E-state index contributed by atoms with van der Waals surface area (Å²) in [6.45, 7) is 1.97. The Morgan fingerprint density at radius 1 is 1.35 bits per heavy atom. The molecule has 0 spiro atoms. The van der Waals surface area contributed by atoms with E-state index in [1.54, 1.807) is 7.11 Å². The average molecular weight is 383 g/mol. The van der Waals surface area contributed by atoms with Gasteiger partial charge in [0.2, 0.25) is 0 Å². The molecule has 1 unspecified atom stereocenters. The molecule has 6 heteroatoms. The van der Waals surface area contributed by atoms with Crippen LogP contribution in [0.15, 0.2) is 21.1 Å². The van der Waals surface area contributed by atoms with Gasteiger partial charge < -0.3 is 15.2 Å². The first kappa shape index (κ1) is 14.7. The van der Waals surface area contributed by atoms with E-state index in [1.165, 1.54) is 0 Å². The highest BCUT2D eigenvalue weighted by Crippen LogP contribution is 2.36. The second kappa shape index (κ2) is 6.56. The predicted molar refractivity (Wildman–Crippen MR) is 79.9 cm³/mol. The Morgan fingerprint density at radius 3 is 2.35 bits per heavy atom. The molecule has 0 fully saturated rings. The van der Waals surface area contributed by atoms with Gasteiger partial charge in [-0.3, -0.25) is 0 Å². The molecular formula is C11H13Br2NO2S. The molecule has 1 rings (SSSR count). The van der Waals surface area contributed by atoms with Crippen LogP contribution in [0.25, 0.3) is 0 Å². The van der Waals surface area contributed by atoms with E-state index in [4.69, 9.17) is 27.4 Å². The third kappa shape index (κ3) is 3.82. The molecule has 1 aromatic carbocycles. The van der Waals surface area contributed by atoms with Crippen LogP contribution >= 0.6 is 44.1 Å². The van der Waals surface area contributed by atoms with Gasteiger partial charge in [0.05, 0.1) is 16.1 Å². The van der Waals surface area contributed by atoms with Crippen LogP contribution in [0, 0.1) is 0 Å². The van der Waals surface area contributed by atoms with E-state index in [0.29, 0.717) is 10.7 Å². The molecule has 3 nitrogen and oxygen atoms in total. The Morgan fingerprint density at radius 2 is 1.88 bits per heavy atom. The Kier molecular flexibility index (Phi) is 5.69. The van der Waals surface area contributed by atoms with Gasteiger partial charge in [0.25, 0.3) is 0 Å². The number of halogens is 2. The fraction of sp³-hybridized carbons (Fsp3) is 0.364. The normalized spacial score (nSPS) is 12.0. The number of ether oxygens (including phenoxy) is 2. The summed E-state index contributed by atoms with van der Waals surface area (Å²) in [7, 11) is 1.61. The van der Waals surface area contributed by atoms with Gasteiger partial charge >= 0.3 is 0 Å². The van der Waals surface area contributed by atoms with Crippen LogP contribution < -0.4 is 15.2 Å². The van der Waals surface area contributed by atoms with Crippen molar-refractivity contribution in [2.45, 2.75) is 19.4 Å². The molecule has 0 aliphatic rings. The minimum Gasteiger partial charge on any atom is -0.496 e. The van der Waals surface area contributed by atoms with Crippen LogP contribution in [0.4, 0.5) is 0 Å². The van der Waals surface area contributed by atoms with Crippen molar-refractivity contribution in [1.29, 1.82) is 0 Å². The summed E-state index contributed by atoms with van der Waals surface area (Å²) in [6, 6.07) is 3.65. The Balaban J connectivity index is 2.99. The Hall–Kier alpha value is -0.330. The van der Waals surface area contributed by atoms with Crippen LogP contribution in [-0.4, -0.2) is 18.2 Å². The van der Waals surface area contributed by atoms with E-state index >= 15 is 0 Å². The molecule has 17 heavy (non-hydrogen) atoms. The quantitative estimate of drug-likeness (QED) is 0.789. The SMILES string of the molecule is CCC(Oc1cc(Br)c(OC)cc1Br)C(N)=S. The second-order valence-electron chi connectivity index (χ2n) is 3.33. The van der Waals surface area contributed by atoms with E-state index in [-0.39, 0.29) is 6.10 Å². The zero-order chi connectivity index (χ0) is 13.0. The molecule has 0 amide bonds. The second-order valence-corrected chi connectivity index (χ2v) is 5.51. The van der Waals surface area contributed by atoms with Gasteiger partial charge in [-0.05, 0) is 50.4 Å². The third-order valence-electron chi connectivity index (χ3n) is 2.16. The van der Waals surface area contributed by atoms with Gasteiger partial charge in [-0.25, -0.2) is 0 Å². The first-order valence-electron chi connectivity index (χ1n) is 4.98. The van der Waals surface area contributed by atoms with Crippen molar-refractivity contribution in [3.63, 3.8) is 0 Å². The Labute approximate surface area is 123 Å². The first-order chi connectivity index (χ1) is 7.99. The lowest BCUT2D eigenvalue weighted by Crippen LogP contribution is -2.31. The molecule has 1 aromatic rings. The number of hydrogen-bond acceptors (Lipinski definition) is 3. The highest BCUT2D eigenvalue weighted by molar-refractivity contribution is 9.11. The highest BCUT2D eigenvalue weighted by atomic mass is 79.9. The van der Waals surface area contributed by atoms with Gasteiger partial charge in [-0.15, -0.1) is 0 Å². The van der Waals surface area contributed by atoms with E-state index in [9.17, 15) is 0 Å². The maximum atomic E-state index is 5.74. The fourth-order valence-corrected chi connectivity index (χ4v) is 2.37. The highest BCUT2D eigenvalue weighted by Gasteiger charge is 2.15. The maximum Gasteiger partial charge on any atom is 0.148 e. The molecule has 0 aromatic heterocycles. The van der Waals surface area contributed by atoms with Gasteiger partial charge in [0.1, 0.15) is 22.6 Å². The standard InChI is InChI=1S/C11H13Br2NO2S/c1-3-8(11(14)17)16-10-5-6(12)9(15-2)4-7(10)13/h4-5,8H,3H2,1-2H3,(H2,14,17). The number of thiocarbonyl (C=S) groups is 1. The number of hydrogen-bond donors (Lipinski definition) is 1. The number of benzene rings is 1. The largest absolute Gasteiger partial charge is 0.496 e. The van der Waals surface area contributed by atoms with Crippen molar-refractivity contribution in [2.24, 2.45) is 5.73 Å². The third-order valence-corrected chi connectivity index (χ3v) is 3.67. The molecule has 0 bridgehead atoms. The van der Waals surface area contributed by atoms with Crippen molar-refractivity contribution < 1.29 is 9.47 Å². The van der Waals surface area contributed by atoms with E-state index in [1.807, 2.05) is 19.1 Å². The average Bonchev–Trinajstić information content (AvgIpc) is 2.29. The van der Waals surface area contributed by atoms with Crippen molar-refractivity contribution in [2.75, 3.05) is 7.11 Å². The number of rotatable bonds is 5. The summed E-state index contributed by atoms with van der Waals surface area (Å²) in [5.74, 6) is 1.41. The molecule has 0 saturated carbocycles. The fourth-order valence-electron chi connectivity index (χ4n) is 1.25. The van der Waals surface area contributed by atoms with Gasteiger partial charge in [0.15, 0.2) is 0 Å². The van der Waals surface area contributed by atoms with E-state index in [0.717, 1.165) is 21.1 Å². The lowest BCUT2D eigenvalue weighted by molar-refractivity contribution is 0.261. The predicted octanol–water partition coefficient (Wildman–Crippen LogP) is 3.66. The molecule has 0 radical (unpaired) electrons. The number of methoxy groups -OCH3 is 1. The zero-order valence-corrected chi connectivity index (χ0v) is 13.5. The minimum atomic E-state index is -0.262. The monoisotopic (exact) mass is 381 g/mol. The minimum absolute atomic E-state index is 0.262. The molecule has 2 N–H and O–H groups in total. The summed E-state index contributed by atoms with van der Waals surface area (Å²) in [5, 5.41) is 0. The summed E-state index contributed by atoms with van der Waals surface area (Å²) in [5.41, 5.74) is 5.59. The van der Waals surface area contributed by atoms with Gasteiger partial charge in [0, 0.05) is 0 Å². The summed E-state index contributed by atoms with van der Waals surface area (Å²) < 4.78 is 12.5. The van der Waals surface area contributed by atoms with Gasteiger partial charge in [-0.2, -0.15) is 0 Å². The van der Waals surface area contributed by atoms with Crippen LogP contribution in [0.2, 0.25) is 0 Å². The van der Waals surface area contributed by atoms with Crippen LogP contribution in [0.5, 0.6) is 11.5 Å². The topological polar surface area (TPSA) is 44.5 Å². The van der Waals surface area contributed by atoms with Crippen LogP contribution in [0.3, 0.4) is 0 Å². The lowest BCUT2D eigenvalue weighted by Gasteiger charge is -2.18. The molecule has 0 aliphatic carbocycles. The summed E-state index contributed by atoms with van der Waals surface area (Å²) >= 11 is 11.8. The van der Waals surface area contributed by atoms with Crippen LogP contribution in [-0.2, 0) is 0 Å². The molecule has 1 atom stereocenters. The van der Waals surface area contributed by atoms with Crippen LogP contribution in [0.1, 0.15) is 13.3 Å². The van der Waals surface area contributed by atoms with Gasteiger partial charge in [-0.1, -0.05) is 19.1 Å². The summed E-state index contributed by atoms with van der Waals surface area (Å²) in [6.07, 6.45) is 0.465. The molecular weight excluding hydrogens is 370 g/mol. The van der Waals surface area contributed by atoms with Crippen molar-refractivity contribution >= 4 is 49.1 Å². The van der Waals surface area contributed by atoms with E-state index in [2.05, 4.69) is 31.9 Å². The molecule has 94 valence electrons. The lowest BCUT2D eigenvalue weighted by atomic mass is 10.2. The molecule has 0 saturated heterocycles. The molecule has 0 aliphatic heterocycles. The smallest absolute Gasteiger partial charge is 0.148 e. The van der Waals surface area contributed by atoms with E-state index < -0.39 is 0 Å². The Bertz CT molecular complexity index is 426. The van der Waals surface area contributed by atoms with Crippen molar-refractivity contribution in [3.05, 3.63) is 21.1 Å². The van der Waals surface area contributed by atoms with Crippen molar-refractivity contribution in [3.8, 4) is 11.5 Å². The maximum absolute atomic E-state index is 5.74. The van der Waals surface area contributed by atoms with Crippen molar-refractivity contribution in [1.82, 2.24) is 0 Å². The first-order valence-corrected chi connectivity index (χ1v) is 6.98.